The molecule has 24 heavy (non-hydrogen) atoms. The number of benzene rings is 1. The molecule has 3 rings (SSSR count). The summed E-state index contributed by atoms with van der Waals surface area (Å²) in [5.41, 5.74) is 1.70. The van der Waals surface area contributed by atoms with Crippen molar-refractivity contribution < 1.29 is 9.53 Å². The van der Waals surface area contributed by atoms with Crippen LogP contribution in [-0.4, -0.2) is 33.6 Å². The van der Waals surface area contributed by atoms with E-state index in [-0.39, 0.29) is 24.3 Å². The van der Waals surface area contributed by atoms with Gasteiger partial charge in [-0.2, -0.15) is 0 Å². The number of carbonyl (C=O) groups is 1. The zero-order valence-corrected chi connectivity index (χ0v) is 13.7. The fraction of sp³-hybridized carbons (Fsp3) is 0.389. The fourth-order valence-corrected chi connectivity index (χ4v) is 2.94. The van der Waals surface area contributed by atoms with Crippen molar-refractivity contribution >= 4 is 6.09 Å². The molecule has 0 radical (unpaired) electrons. The van der Waals surface area contributed by atoms with Crippen LogP contribution in [-0.2, 0) is 11.3 Å². The third kappa shape index (κ3) is 3.82. The number of aromatic nitrogens is 2. The van der Waals surface area contributed by atoms with E-state index in [1.807, 2.05) is 37.3 Å². The van der Waals surface area contributed by atoms with Crippen LogP contribution in [0.1, 0.15) is 30.1 Å². The normalized spacial score (nSPS) is 15.3. The van der Waals surface area contributed by atoms with Gasteiger partial charge in [-0.25, -0.2) is 4.79 Å². The maximum Gasteiger partial charge on any atom is 0.410 e. The number of carbonyl (C=O) groups excluding carboxylic acids is 1. The molecule has 1 fully saturated rings. The van der Waals surface area contributed by atoms with Gasteiger partial charge in [0.15, 0.2) is 0 Å². The second-order valence-corrected chi connectivity index (χ2v) is 6.03. The Bertz CT molecular complexity index is 750. The molecule has 0 spiro atoms. The quantitative estimate of drug-likeness (QED) is 0.869. The minimum atomic E-state index is -0.296. The van der Waals surface area contributed by atoms with Crippen LogP contribution >= 0.6 is 0 Å². The van der Waals surface area contributed by atoms with E-state index in [0.717, 1.165) is 24.1 Å². The maximum atomic E-state index is 12.2. The summed E-state index contributed by atoms with van der Waals surface area (Å²) < 4.78 is 7.09. The third-order valence-corrected chi connectivity index (χ3v) is 4.28. The number of nitrogens with zero attached hydrogens (tertiary/aromatic N) is 3. The van der Waals surface area contributed by atoms with Gasteiger partial charge in [-0.05, 0) is 25.3 Å². The molecule has 6 nitrogen and oxygen atoms in total. The van der Waals surface area contributed by atoms with Crippen molar-refractivity contribution in [3.63, 3.8) is 0 Å². The lowest BCUT2D eigenvalue weighted by atomic mass is 10.1. The summed E-state index contributed by atoms with van der Waals surface area (Å²) in [7, 11) is 0. The zero-order chi connectivity index (χ0) is 16.9. The molecule has 0 N–H and O–H groups in total. The summed E-state index contributed by atoms with van der Waals surface area (Å²) in [4.78, 5) is 29.8. The zero-order valence-electron chi connectivity index (χ0n) is 13.7. The number of ether oxygens (including phenoxy) is 1. The minimum Gasteiger partial charge on any atom is -0.445 e. The van der Waals surface area contributed by atoms with Crippen LogP contribution < -0.4 is 5.56 Å². The van der Waals surface area contributed by atoms with E-state index in [2.05, 4.69) is 4.98 Å². The number of hydrogen-bond acceptors (Lipinski definition) is 4. The average molecular weight is 327 g/mol. The van der Waals surface area contributed by atoms with Crippen molar-refractivity contribution in [3.05, 3.63) is 64.3 Å². The van der Waals surface area contributed by atoms with Crippen LogP contribution in [0.3, 0.4) is 0 Å². The first-order chi connectivity index (χ1) is 11.6. The topological polar surface area (TPSA) is 64.4 Å². The number of likely N-dealkylation sites (tertiary alicyclic amines) is 1. The molecule has 1 saturated heterocycles. The standard InChI is InChI=1S/C18H21N3O3/c1-14-12-21(17(22)11-19-14)16-7-9-20(10-8-16)18(23)24-13-15-5-3-2-4-6-15/h2-6,11-12,16H,7-10,13H2,1H3. The lowest BCUT2D eigenvalue weighted by molar-refractivity contribution is 0.0828. The maximum absolute atomic E-state index is 12.2. The predicted octanol–water partition coefficient (Wildman–Crippen LogP) is 2.53. The highest BCUT2D eigenvalue weighted by Gasteiger charge is 2.25. The number of hydrogen-bond donors (Lipinski definition) is 0. The first-order valence-corrected chi connectivity index (χ1v) is 8.14. The lowest BCUT2D eigenvalue weighted by Crippen LogP contribution is -2.41. The van der Waals surface area contributed by atoms with E-state index < -0.39 is 0 Å². The molecule has 6 heteroatoms. The van der Waals surface area contributed by atoms with Gasteiger partial charge in [0.05, 0.1) is 11.9 Å². The highest BCUT2D eigenvalue weighted by atomic mass is 16.6. The highest BCUT2D eigenvalue weighted by Crippen LogP contribution is 2.21. The van der Waals surface area contributed by atoms with Crippen molar-refractivity contribution in [1.82, 2.24) is 14.5 Å². The Kier molecular flexibility index (Phi) is 4.93. The Morgan fingerprint density at radius 3 is 2.67 bits per heavy atom. The van der Waals surface area contributed by atoms with E-state index in [1.54, 1.807) is 15.7 Å². The van der Waals surface area contributed by atoms with Gasteiger partial charge in [0.25, 0.3) is 5.56 Å². The molecule has 126 valence electrons. The molecule has 0 saturated carbocycles. The van der Waals surface area contributed by atoms with E-state index in [1.165, 1.54) is 6.20 Å². The molecule has 1 amide bonds. The van der Waals surface area contributed by atoms with Gasteiger partial charge in [0, 0.05) is 25.3 Å². The van der Waals surface area contributed by atoms with Crippen LogP contribution in [0.2, 0.25) is 0 Å². The molecular formula is C18H21N3O3. The fourth-order valence-electron chi connectivity index (χ4n) is 2.94. The molecule has 1 aromatic heterocycles. The number of aryl methyl sites for hydroxylation is 1. The van der Waals surface area contributed by atoms with Gasteiger partial charge in [-0.1, -0.05) is 30.3 Å². The molecular weight excluding hydrogens is 306 g/mol. The third-order valence-electron chi connectivity index (χ3n) is 4.28. The van der Waals surface area contributed by atoms with Crippen LogP contribution in [0.15, 0.2) is 47.5 Å². The van der Waals surface area contributed by atoms with Crippen LogP contribution in [0, 0.1) is 6.92 Å². The van der Waals surface area contributed by atoms with E-state index in [9.17, 15) is 9.59 Å². The van der Waals surface area contributed by atoms with Crippen LogP contribution in [0.5, 0.6) is 0 Å². The van der Waals surface area contributed by atoms with Crippen molar-refractivity contribution in [3.8, 4) is 0 Å². The molecule has 0 unspecified atom stereocenters. The second-order valence-electron chi connectivity index (χ2n) is 6.03. The molecule has 2 heterocycles. The Balaban J connectivity index is 1.54. The van der Waals surface area contributed by atoms with E-state index >= 15 is 0 Å². The van der Waals surface area contributed by atoms with E-state index in [0.29, 0.717) is 13.1 Å². The van der Waals surface area contributed by atoms with Crippen LogP contribution in [0.25, 0.3) is 0 Å². The summed E-state index contributed by atoms with van der Waals surface area (Å²) in [5, 5.41) is 0. The monoisotopic (exact) mass is 327 g/mol. The Labute approximate surface area is 140 Å². The Morgan fingerprint density at radius 2 is 1.96 bits per heavy atom. The molecule has 1 aliphatic heterocycles. The summed E-state index contributed by atoms with van der Waals surface area (Å²) in [6.07, 6.45) is 4.33. The van der Waals surface area contributed by atoms with Crippen molar-refractivity contribution in [2.75, 3.05) is 13.1 Å². The van der Waals surface area contributed by atoms with Gasteiger partial charge >= 0.3 is 6.09 Å². The highest BCUT2D eigenvalue weighted by molar-refractivity contribution is 5.67. The van der Waals surface area contributed by atoms with Crippen LogP contribution in [0.4, 0.5) is 4.79 Å². The summed E-state index contributed by atoms with van der Waals surface area (Å²) in [6.45, 7) is 3.33. The minimum absolute atomic E-state index is 0.0919. The summed E-state index contributed by atoms with van der Waals surface area (Å²) in [6, 6.07) is 9.73. The smallest absolute Gasteiger partial charge is 0.410 e. The SMILES string of the molecule is Cc1cn(C2CCN(C(=O)OCc3ccccc3)CC2)c(=O)cn1. The second kappa shape index (κ2) is 7.29. The van der Waals surface area contributed by atoms with Crippen molar-refractivity contribution in [1.29, 1.82) is 0 Å². The number of piperidine rings is 1. The average Bonchev–Trinajstić information content (AvgIpc) is 2.63. The van der Waals surface area contributed by atoms with Gasteiger partial charge in [-0.15, -0.1) is 0 Å². The van der Waals surface area contributed by atoms with Gasteiger partial charge in [0.2, 0.25) is 0 Å². The number of rotatable bonds is 3. The predicted molar refractivity (Wildman–Crippen MR) is 89.7 cm³/mol. The van der Waals surface area contributed by atoms with Crippen molar-refractivity contribution in [2.45, 2.75) is 32.4 Å². The lowest BCUT2D eigenvalue weighted by Gasteiger charge is -2.32. The summed E-state index contributed by atoms with van der Waals surface area (Å²) in [5.74, 6) is 0. The Hall–Kier alpha value is -2.63. The molecule has 2 aromatic rings. The first-order valence-electron chi connectivity index (χ1n) is 8.14. The largest absolute Gasteiger partial charge is 0.445 e. The molecule has 0 bridgehead atoms. The molecule has 0 atom stereocenters. The summed E-state index contributed by atoms with van der Waals surface area (Å²) >= 11 is 0. The van der Waals surface area contributed by atoms with E-state index in [4.69, 9.17) is 4.74 Å². The molecule has 1 aromatic carbocycles. The van der Waals surface area contributed by atoms with Gasteiger partial charge in [0.1, 0.15) is 6.61 Å². The molecule has 0 aliphatic carbocycles. The molecule has 1 aliphatic rings. The van der Waals surface area contributed by atoms with Gasteiger partial charge in [-0.3, -0.25) is 9.78 Å². The van der Waals surface area contributed by atoms with Crippen molar-refractivity contribution in [2.24, 2.45) is 0 Å². The first kappa shape index (κ1) is 16.2. The Morgan fingerprint density at radius 1 is 1.25 bits per heavy atom. The number of amides is 1. The van der Waals surface area contributed by atoms with Gasteiger partial charge < -0.3 is 14.2 Å².